The summed E-state index contributed by atoms with van der Waals surface area (Å²) >= 11 is 0. The summed E-state index contributed by atoms with van der Waals surface area (Å²) in [6, 6.07) is 7.31. The standard InChI is InChI=1S/C13H16N4O2/c1-8(15-9(2)18)13-16-12(17-19-13)11-5-3-10(7-14)4-6-11/h3-6,8H,7,14H2,1-2H3,(H,15,18). The first-order valence-electron chi connectivity index (χ1n) is 6.00. The van der Waals surface area contributed by atoms with Crippen LogP contribution in [0.4, 0.5) is 0 Å². The number of nitrogens with one attached hydrogen (secondary N) is 1. The first kappa shape index (κ1) is 13.2. The van der Waals surface area contributed by atoms with Crippen LogP contribution in [-0.4, -0.2) is 16.0 Å². The van der Waals surface area contributed by atoms with Gasteiger partial charge in [0.1, 0.15) is 6.04 Å². The van der Waals surface area contributed by atoms with Crippen LogP contribution in [0.1, 0.15) is 31.3 Å². The van der Waals surface area contributed by atoms with E-state index in [2.05, 4.69) is 15.5 Å². The third-order valence-corrected chi connectivity index (χ3v) is 2.68. The fourth-order valence-electron chi connectivity index (χ4n) is 1.68. The topological polar surface area (TPSA) is 94.0 Å². The van der Waals surface area contributed by atoms with Crippen molar-refractivity contribution in [3.8, 4) is 11.4 Å². The lowest BCUT2D eigenvalue weighted by Gasteiger charge is -2.05. The van der Waals surface area contributed by atoms with Gasteiger partial charge in [-0.05, 0) is 12.5 Å². The lowest BCUT2D eigenvalue weighted by Crippen LogP contribution is -2.23. The first-order valence-corrected chi connectivity index (χ1v) is 6.00. The summed E-state index contributed by atoms with van der Waals surface area (Å²) in [4.78, 5) is 15.2. The highest BCUT2D eigenvalue weighted by molar-refractivity contribution is 5.73. The van der Waals surface area contributed by atoms with E-state index in [1.807, 2.05) is 24.3 Å². The fraction of sp³-hybridized carbons (Fsp3) is 0.308. The van der Waals surface area contributed by atoms with Gasteiger partial charge in [0.15, 0.2) is 0 Å². The smallest absolute Gasteiger partial charge is 0.249 e. The Hall–Kier alpha value is -2.21. The second kappa shape index (κ2) is 5.62. The number of carbonyl (C=O) groups is 1. The van der Waals surface area contributed by atoms with Crippen LogP contribution in [-0.2, 0) is 11.3 Å². The zero-order valence-corrected chi connectivity index (χ0v) is 10.9. The van der Waals surface area contributed by atoms with E-state index >= 15 is 0 Å². The van der Waals surface area contributed by atoms with Crippen LogP contribution >= 0.6 is 0 Å². The van der Waals surface area contributed by atoms with Crippen LogP contribution < -0.4 is 11.1 Å². The third kappa shape index (κ3) is 3.17. The Morgan fingerprint density at radius 3 is 2.68 bits per heavy atom. The van der Waals surface area contributed by atoms with E-state index in [0.717, 1.165) is 11.1 Å². The fourth-order valence-corrected chi connectivity index (χ4v) is 1.68. The van der Waals surface area contributed by atoms with Crippen molar-refractivity contribution in [2.75, 3.05) is 0 Å². The summed E-state index contributed by atoms with van der Waals surface area (Å²) in [7, 11) is 0. The molecule has 0 aliphatic rings. The quantitative estimate of drug-likeness (QED) is 0.866. The number of nitrogens with zero attached hydrogens (tertiary/aromatic N) is 2. The number of nitrogens with two attached hydrogens (primary N) is 1. The Labute approximate surface area is 111 Å². The molecular weight excluding hydrogens is 244 g/mol. The summed E-state index contributed by atoms with van der Waals surface area (Å²) in [5.41, 5.74) is 7.43. The van der Waals surface area contributed by atoms with Crippen LogP contribution in [0.25, 0.3) is 11.4 Å². The van der Waals surface area contributed by atoms with E-state index in [1.165, 1.54) is 6.92 Å². The molecule has 3 N–H and O–H groups in total. The number of carbonyl (C=O) groups excluding carboxylic acids is 1. The zero-order chi connectivity index (χ0) is 13.8. The van der Waals surface area contributed by atoms with Gasteiger partial charge >= 0.3 is 0 Å². The van der Waals surface area contributed by atoms with Crippen molar-refractivity contribution in [2.24, 2.45) is 5.73 Å². The van der Waals surface area contributed by atoms with Crippen molar-refractivity contribution < 1.29 is 9.32 Å². The molecule has 1 heterocycles. The zero-order valence-electron chi connectivity index (χ0n) is 10.9. The molecule has 1 atom stereocenters. The summed E-state index contributed by atoms with van der Waals surface area (Å²) in [5, 5.41) is 6.59. The maximum atomic E-state index is 11.0. The molecule has 6 nitrogen and oxygen atoms in total. The average Bonchev–Trinajstić information content (AvgIpc) is 2.88. The van der Waals surface area contributed by atoms with E-state index < -0.39 is 0 Å². The van der Waals surface area contributed by atoms with Gasteiger partial charge < -0.3 is 15.6 Å². The first-order chi connectivity index (χ1) is 9.10. The molecule has 0 saturated heterocycles. The van der Waals surface area contributed by atoms with Crippen molar-refractivity contribution in [1.29, 1.82) is 0 Å². The monoisotopic (exact) mass is 260 g/mol. The molecule has 2 rings (SSSR count). The maximum Gasteiger partial charge on any atom is 0.249 e. The van der Waals surface area contributed by atoms with Crippen LogP contribution in [0.3, 0.4) is 0 Å². The number of hydrogen-bond donors (Lipinski definition) is 2. The van der Waals surface area contributed by atoms with Crippen LogP contribution in [0.5, 0.6) is 0 Å². The molecule has 100 valence electrons. The van der Waals surface area contributed by atoms with Crippen LogP contribution in [0, 0.1) is 0 Å². The lowest BCUT2D eigenvalue weighted by atomic mass is 10.1. The summed E-state index contributed by atoms with van der Waals surface area (Å²) in [6.07, 6.45) is 0. The van der Waals surface area contributed by atoms with Gasteiger partial charge in [0.25, 0.3) is 0 Å². The van der Waals surface area contributed by atoms with E-state index in [0.29, 0.717) is 18.3 Å². The minimum absolute atomic E-state index is 0.139. The van der Waals surface area contributed by atoms with Gasteiger partial charge in [-0.1, -0.05) is 29.4 Å². The molecule has 2 aromatic rings. The van der Waals surface area contributed by atoms with Gasteiger partial charge in [0, 0.05) is 19.0 Å². The molecule has 1 amide bonds. The molecule has 6 heteroatoms. The number of hydrogen-bond acceptors (Lipinski definition) is 5. The Kier molecular flexibility index (Phi) is 3.91. The number of benzene rings is 1. The van der Waals surface area contributed by atoms with Gasteiger partial charge in [-0.15, -0.1) is 0 Å². The van der Waals surface area contributed by atoms with E-state index in [9.17, 15) is 4.79 Å². The molecule has 19 heavy (non-hydrogen) atoms. The van der Waals surface area contributed by atoms with E-state index in [1.54, 1.807) is 6.92 Å². The summed E-state index contributed by atoms with van der Waals surface area (Å²) < 4.78 is 5.14. The Balaban J connectivity index is 2.17. The lowest BCUT2D eigenvalue weighted by molar-refractivity contribution is -0.119. The van der Waals surface area contributed by atoms with E-state index in [4.69, 9.17) is 10.3 Å². The molecule has 1 aromatic heterocycles. The predicted octanol–water partition coefficient (Wildman–Crippen LogP) is 1.39. The number of amides is 1. The SMILES string of the molecule is CC(=O)NC(C)c1nc(-c2ccc(CN)cc2)no1. The highest BCUT2D eigenvalue weighted by atomic mass is 16.5. The molecule has 1 aromatic carbocycles. The number of aromatic nitrogens is 2. The molecule has 0 saturated carbocycles. The maximum absolute atomic E-state index is 11.0. The van der Waals surface area contributed by atoms with Crippen molar-refractivity contribution in [3.05, 3.63) is 35.7 Å². The van der Waals surface area contributed by atoms with Crippen molar-refractivity contribution in [3.63, 3.8) is 0 Å². The largest absolute Gasteiger partial charge is 0.345 e. The van der Waals surface area contributed by atoms with Crippen LogP contribution in [0.2, 0.25) is 0 Å². The Bertz CT molecular complexity index is 562. The predicted molar refractivity (Wildman–Crippen MR) is 69.9 cm³/mol. The molecule has 0 fully saturated rings. The number of rotatable bonds is 4. The highest BCUT2D eigenvalue weighted by Gasteiger charge is 2.15. The molecule has 0 spiro atoms. The Morgan fingerprint density at radius 1 is 1.42 bits per heavy atom. The van der Waals surface area contributed by atoms with Gasteiger partial charge in [-0.2, -0.15) is 4.98 Å². The van der Waals surface area contributed by atoms with Crippen LogP contribution in [0.15, 0.2) is 28.8 Å². The second-order valence-electron chi connectivity index (χ2n) is 4.28. The molecule has 0 radical (unpaired) electrons. The van der Waals surface area contributed by atoms with Gasteiger partial charge in [-0.25, -0.2) is 0 Å². The molecule has 0 bridgehead atoms. The highest BCUT2D eigenvalue weighted by Crippen LogP contribution is 2.19. The molecule has 1 unspecified atom stereocenters. The second-order valence-corrected chi connectivity index (χ2v) is 4.28. The molecule has 0 aliphatic heterocycles. The Morgan fingerprint density at radius 2 is 2.11 bits per heavy atom. The van der Waals surface area contributed by atoms with Gasteiger partial charge in [0.2, 0.25) is 17.6 Å². The van der Waals surface area contributed by atoms with E-state index in [-0.39, 0.29) is 11.9 Å². The molecule has 0 aliphatic carbocycles. The van der Waals surface area contributed by atoms with Gasteiger partial charge in [-0.3, -0.25) is 4.79 Å². The molecular formula is C13H16N4O2. The summed E-state index contributed by atoms with van der Waals surface area (Å²) in [5.74, 6) is 0.739. The van der Waals surface area contributed by atoms with Crippen molar-refractivity contribution in [1.82, 2.24) is 15.5 Å². The van der Waals surface area contributed by atoms with Gasteiger partial charge in [0.05, 0.1) is 0 Å². The summed E-state index contributed by atoms with van der Waals surface area (Å²) in [6.45, 7) is 3.73. The average molecular weight is 260 g/mol. The minimum atomic E-state index is -0.304. The van der Waals surface area contributed by atoms with Crippen molar-refractivity contribution >= 4 is 5.91 Å². The van der Waals surface area contributed by atoms with Crippen molar-refractivity contribution in [2.45, 2.75) is 26.4 Å². The minimum Gasteiger partial charge on any atom is -0.345 e. The third-order valence-electron chi connectivity index (χ3n) is 2.68. The normalized spacial score (nSPS) is 12.2.